The Labute approximate surface area is 279 Å². The summed E-state index contributed by atoms with van der Waals surface area (Å²) in [5, 5.41) is 2.70. The minimum atomic E-state index is -1.97. The molecule has 0 fully saturated rings. The average Bonchev–Trinajstić information content (AvgIpc) is 3.49. The third kappa shape index (κ3) is 4.44. The lowest BCUT2D eigenvalue weighted by atomic mass is 10.1. The van der Waals surface area contributed by atoms with E-state index < -0.39 is 10.0 Å². The molecule has 1 aliphatic rings. The minimum Gasteiger partial charge on any atom is -0.456 e. The second-order valence-electron chi connectivity index (χ2n) is 11.5. The van der Waals surface area contributed by atoms with Gasteiger partial charge in [0.05, 0.1) is 5.69 Å². The normalized spacial score (nSPS) is 14.2. The van der Waals surface area contributed by atoms with E-state index >= 15 is 0 Å². The van der Waals surface area contributed by atoms with Crippen LogP contribution in [0.1, 0.15) is 0 Å². The fourth-order valence-corrected chi connectivity index (χ4v) is 10.9. The zero-order chi connectivity index (χ0) is 31.4. The van der Waals surface area contributed by atoms with Gasteiger partial charge >= 0.3 is 0 Å². The van der Waals surface area contributed by atoms with E-state index in [9.17, 15) is 0 Å². The number of hydrogen-bond acceptors (Lipinski definition) is 3. The molecule has 1 aromatic heterocycles. The number of para-hydroxylation sites is 1. The summed E-state index contributed by atoms with van der Waals surface area (Å²) in [6, 6.07) is 59.6. The van der Waals surface area contributed by atoms with Crippen LogP contribution < -0.4 is 9.64 Å². The highest BCUT2D eigenvalue weighted by atomic mass is 35.5. The van der Waals surface area contributed by atoms with Crippen LogP contribution in [0.2, 0.25) is 5.02 Å². The molecule has 6 bridgehead atoms. The molecule has 2 heterocycles. The molecule has 9 rings (SSSR count). The van der Waals surface area contributed by atoms with Crippen LogP contribution in [0.5, 0.6) is 11.5 Å². The lowest BCUT2D eigenvalue weighted by Crippen LogP contribution is -2.12. The molecular weight excluding hydrogens is 618 g/mol. The molecule has 0 saturated carbocycles. The summed E-state index contributed by atoms with van der Waals surface area (Å²) < 4.78 is 13.0. The molecule has 0 amide bonds. The van der Waals surface area contributed by atoms with Gasteiger partial charge in [-0.05, 0) is 91.0 Å². The predicted molar refractivity (Wildman–Crippen MR) is 193 cm³/mol. The predicted octanol–water partition coefficient (Wildman–Crippen LogP) is 13.2. The Morgan fingerprint density at radius 3 is 1.87 bits per heavy atom. The van der Waals surface area contributed by atoms with Crippen LogP contribution in [0.4, 0.5) is 17.1 Å². The first-order valence-electron chi connectivity index (χ1n) is 15.5. The van der Waals surface area contributed by atoms with Crippen LogP contribution in [0.25, 0.3) is 21.9 Å². The average molecular weight is 646 g/mol. The number of halogens is 1. The van der Waals surface area contributed by atoms with Crippen LogP contribution in [0, 0.1) is 0 Å². The van der Waals surface area contributed by atoms with Crippen molar-refractivity contribution in [3.05, 3.63) is 175 Å². The fourth-order valence-electron chi connectivity index (χ4n) is 6.77. The summed E-state index contributed by atoms with van der Waals surface area (Å²) in [4.78, 5) is 7.06. The highest BCUT2D eigenvalue weighted by molar-refractivity contribution is 8.34. The van der Waals surface area contributed by atoms with Gasteiger partial charge in [0.25, 0.3) is 0 Å². The Hall–Kier alpha value is -5.42. The van der Waals surface area contributed by atoms with Gasteiger partial charge in [0.2, 0.25) is 0 Å². The monoisotopic (exact) mass is 645 g/mol. The lowest BCUT2D eigenvalue weighted by molar-refractivity contribution is 0.481. The molecule has 0 spiro atoms. The number of benzene rings is 7. The maximum absolute atomic E-state index is 7.25. The van der Waals surface area contributed by atoms with Crippen LogP contribution in [0.3, 0.4) is 0 Å². The van der Waals surface area contributed by atoms with Crippen molar-refractivity contribution in [2.45, 2.75) is 19.6 Å². The molecule has 0 atom stereocenters. The van der Waals surface area contributed by atoms with E-state index in [1.165, 1.54) is 19.6 Å². The second-order valence-corrected chi connectivity index (χ2v) is 15.0. The summed E-state index contributed by atoms with van der Waals surface area (Å²) in [6.07, 6.45) is 0. The zero-order valence-electron chi connectivity index (χ0n) is 25.2. The molecule has 0 radical (unpaired) electrons. The van der Waals surface area contributed by atoms with E-state index in [0.717, 1.165) is 44.8 Å². The van der Waals surface area contributed by atoms with Crippen molar-refractivity contribution in [3.8, 4) is 11.5 Å². The number of furan rings is 1. The maximum Gasteiger partial charge on any atom is 0.148 e. The lowest BCUT2D eigenvalue weighted by Gasteiger charge is -2.42. The van der Waals surface area contributed by atoms with Crippen molar-refractivity contribution in [2.24, 2.45) is 0 Å². The first-order chi connectivity index (χ1) is 23.2. The molecule has 7 aromatic carbocycles. The molecule has 0 N–H and O–H groups in total. The Morgan fingerprint density at radius 2 is 1.09 bits per heavy atom. The summed E-state index contributed by atoms with van der Waals surface area (Å²) in [5.74, 6) is 1.32. The van der Waals surface area contributed by atoms with Crippen LogP contribution in [-0.4, -0.2) is 0 Å². The maximum atomic E-state index is 7.25. The fraction of sp³-hybridized carbons (Fsp3) is 0. The molecule has 3 nitrogen and oxygen atoms in total. The van der Waals surface area contributed by atoms with Crippen molar-refractivity contribution in [1.82, 2.24) is 0 Å². The summed E-state index contributed by atoms with van der Waals surface area (Å²) in [7, 11) is -1.97. The summed E-state index contributed by atoms with van der Waals surface area (Å²) in [6.45, 7) is 0. The van der Waals surface area contributed by atoms with Gasteiger partial charge in [-0.3, -0.25) is 0 Å². The van der Waals surface area contributed by atoms with Crippen molar-refractivity contribution in [1.29, 1.82) is 0 Å². The Bertz CT molecular complexity index is 2380. The van der Waals surface area contributed by atoms with E-state index in [1.54, 1.807) is 0 Å². The van der Waals surface area contributed by atoms with E-state index in [1.807, 2.05) is 42.5 Å². The number of hydrogen-bond donors (Lipinski definition) is 0. The highest BCUT2D eigenvalue weighted by Crippen LogP contribution is 2.74. The molecule has 0 saturated heterocycles. The van der Waals surface area contributed by atoms with E-state index in [4.69, 9.17) is 20.8 Å². The van der Waals surface area contributed by atoms with Crippen LogP contribution >= 0.6 is 21.6 Å². The highest BCUT2D eigenvalue weighted by Gasteiger charge is 2.35. The number of nitrogens with zero attached hydrogens (tertiary/aromatic N) is 1. The third-order valence-corrected chi connectivity index (χ3v) is 13.1. The quantitative estimate of drug-likeness (QED) is 0.191. The molecule has 0 unspecified atom stereocenters. The topological polar surface area (TPSA) is 25.6 Å². The van der Waals surface area contributed by atoms with Gasteiger partial charge in [-0.25, -0.2) is 0 Å². The second kappa shape index (κ2) is 11.1. The van der Waals surface area contributed by atoms with Gasteiger partial charge in [0.15, 0.2) is 0 Å². The molecule has 8 aromatic rings. The van der Waals surface area contributed by atoms with Gasteiger partial charge < -0.3 is 14.1 Å². The Kier molecular flexibility index (Phi) is 6.60. The molecular formula is C42H28ClNO2S. The SMILES string of the molecule is Clc1c2cccc1N(c1ccc3c(c1)oc1ccccc13)c1cccc(c1)S(c1ccccc1)(c1ccccc1)c1cccc(c1)O2. The summed E-state index contributed by atoms with van der Waals surface area (Å²) in [5.41, 5.74) is 4.41. The van der Waals surface area contributed by atoms with Gasteiger partial charge in [-0.15, -0.1) is 10.0 Å². The summed E-state index contributed by atoms with van der Waals surface area (Å²) >= 11 is 7.25. The molecule has 226 valence electrons. The Morgan fingerprint density at radius 1 is 0.468 bits per heavy atom. The first kappa shape index (κ1) is 27.9. The van der Waals surface area contributed by atoms with Crippen molar-refractivity contribution in [3.63, 3.8) is 0 Å². The van der Waals surface area contributed by atoms with Crippen LogP contribution in [-0.2, 0) is 0 Å². The van der Waals surface area contributed by atoms with Crippen molar-refractivity contribution < 1.29 is 9.15 Å². The smallest absolute Gasteiger partial charge is 0.148 e. The van der Waals surface area contributed by atoms with E-state index in [-0.39, 0.29) is 0 Å². The Balaban J connectivity index is 1.37. The minimum absolute atomic E-state index is 0.526. The zero-order valence-corrected chi connectivity index (χ0v) is 26.8. The molecule has 47 heavy (non-hydrogen) atoms. The molecule has 5 heteroatoms. The largest absolute Gasteiger partial charge is 0.456 e. The molecule has 0 aliphatic carbocycles. The van der Waals surface area contributed by atoms with E-state index in [0.29, 0.717) is 10.8 Å². The van der Waals surface area contributed by atoms with Crippen molar-refractivity contribution >= 4 is 60.6 Å². The number of fused-ring (bicyclic) bond motifs is 9. The van der Waals surface area contributed by atoms with Gasteiger partial charge in [-0.1, -0.05) is 84.4 Å². The number of anilines is 3. The standard InChI is InChI=1S/C42H28ClNO2S/c43-42-38-21-11-23-40(42)45-31-13-10-19-35(28-31)47(32-14-3-1-4-15-32,33-16-5-2-6-17-33)34-18-9-12-29(26-34)44(38)30-24-25-37-36-20-7-8-22-39(36)46-41(37)27-30/h1-28H. The first-order valence-corrected chi connectivity index (χ1v) is 17.5. The van der Waals surface area contributed by atoms with Gasteiger partial charge in [-0.2, -0.15) is 0 Å². The van der Waals surface area contributed by atoms with Gasteiger partial charge in [0.1, 0.15) is 27.7 Å². The number of ether oxygens (including phenoxy) is 1. The van der Waals surface area contributed by atoms with Crippen LogP contribution in [0.15, 0.2) is 194 Å². The van der Waals surface area contributed by atoms with Gasteiger partial charge in [0, 0.05) is 47.8 Å². The number of rotatable bonds is 3. The molecule has 1 aliphatic heterocycles. The van der Waals surface area contributed by atoms with Crippen molar-refractivity contribution in [2.75, 3.05) is 4.90 Å². The third-order valence-electron chi connectivity index (χ3n) is 8.81. The van der Waals surface area contributed by atoms with E-state index in [2.05, 4.69) is 132 Å².